The SMILES string of the molecule is CCNC(=NCC1(C)COC1)NCCCN1CCCCC1C. The molecule has 0 aromatic carbocycles. The van der Waals surface area contributed by atoms with Gasteiger partial charge in [0.25, 0.3) is 0 Å². The quantitative estimate of drug-likeness (QED) is 0.428. The molecule has 0 radical (unpaired) electrons. The van der Waals surface area contributed by atoms with Gasteiger partial charge in [-0.15, -0.1) is 0 Å². The minimum absolute atomic E-state index is 0.242. The molecular weight excluding hydrogens is 276 g/mol. The van der Waals surface area contributed by atoms with Gasteiger partial charge in [0.1, 0.15) is 0 Å². The van der Waals surface area contributed by atoms with Crippen LogP contribution in [0.5, 0.6) is 0 Å². The summed E-state index contributed by atoms with van der Waals surface area (Å²) in [6, 6.07) is 0.759. The van der Waals surface area contributed by atoms with Crippen molar-refractivity contribution in [1.82, 2.24) is 15.5 Å². The smallest absolute Gasteiger partial charge is 0.191 e. The minimum Gasteiger partial charge on any atom is -0.380 e. The Morgan fingerprint density at radius 3 is 2.77 bits per heavy atom. The van der Waals surface area contributed by atoms with Crippen LogP contribution in [0.3, 0.4) is 0 Å². The van der Waals surface area contributed by atoms with E-state index >= 15 is 0 Å². The second-order valence-electron chi connectivity index (χ2n) is 7.16. The number of likely N-dealkylation sites (tertiary alicyclic amines) is 1. The maximum atomic E-state index is 5.29. The lowest BCUT2D eigenvalue weighted by atomic mass is 9.89. The number of piperidine rings is 1. The zero-order chi connectivity index (χ0) is 15.8. The second-order valence-corrected chi connectivity index (χ2v) is 7.16. The van der Waals surface area contributed by atoms with Crippen LogP contribution in [0.15, 0.2) is 4.99 Å². The lowest BCUT2D eigenvalue weighted by Crippen LogP contribution is -2.45. The molecule has 1 unspecified atom stereocenters. The molecule has 2 aliphatic heterocycles. The van der Waals surface area contributed by atoms with E-state index in [4.69, 9.17) is 9.73 Å². The van der Waals surface area contributed by atoms with E-state index in [2.05, 4.69) is 36.3 Å². The van der Waals surface area contributed by atoms with Crippen LogP contribution < -0.4 is 10.6 Å². The summed E-state index contributed by atoms with van der Waals surface area (Å²) in [7, 11) is 0. The standard InChI is InChI=1S/C17H34N4O/c1-4-18-16(20-12-17(3)13-22-14-17)19-9-7-11-21-10-6-5-8-15(21)2/h15H,4-14H2,1-3H3,(H2,18,19,20). The number of nitrogens with zero attached hydrogens (tertiary/aromatic N) is 2. The van der Waals surface area contributed by atoms with Gasteiger partial charge in [-0.1, -0.05) is 13.3 Å². The Hall–Kier alpha value is -0.810. The lowest BCUT2D eigenvalue weighted by molar-refractivity contribution is -0.0945. The number of hydrogen-bond acceptors (Lipinski definition) is 3. The van der Waals surface area contributed by atoms with Crippen LogP contribution in [0.4, 0.5) is 0 Å². The van der Waals surface area contributed by atoms with Crippen LogP contribution in [0, 0.1) is 5.41 Å². The topological polar surface area (TPSA) is 48.9 Å². The van der Waals surface area contributed by atoms with Gasteiger partial charge < -0.3 is 20.3 Å². The Kier molecular flexibility index (Phi) is 6.96. The zero-order valence-electron chi connectivity index (χ0n) is 14.7. The fourth-order valence-electron chi connectivity index (χ4n) is 3.13. The van der Waals surface area contributed by atoms with E-state index in [0.717, 1.165) is 44.8 Å². The highest BCUT2D eigenvalue weighted by Crippen LogP contribution is 2.26. The van der Waals surface area contributed by atoms with Gasteiger partial charge in [-0.05, 0) is 39.7 Å². The maximum Gasteiger partial charge on any atom is 0.191 e. The van der Waals surface area contributed by atoms with Crippen LogP contribution in [-0.4, -0.2) is 62.8 Å². The van der Waals surface area contributed by atoms with Crippen molar-refractivity contribution in [1.29, 1.82) is 0 Å². The fraction of sp³-hybridized carbons (Fsp3) is 0.941. The first-order valence-electron chi connectivity index (χ1n) is 8.97. The number of nitrogens with one attached hydrogen (secondary N) is 2. The molecule has 0 bridgehead atoms. The molecule has 0 aromatic rings. The highest BCUT2D eigenvalue weighted by atomic mass is 16.5. The Balaban J connectivity index is 1.66. The molecule has 5 nitrogen and oxygen atoms in total. The third-order valence-corrected chi connectivity index (χ3v) is 4.72. The average Bonchev–Trinajstić information content (AvgIpc) is 2.48. The third-order valence-electron chi connectivity index (χ3n) is 4.72. The average molecular weight is 310 g/mol. The van der Waals surface area contributed by atoms with Gasteiger partial charge in [0.15, 0.2) is 5.96 Å². The van der Waals surface area contributed by atoms with Gasteiger partial charge in [0, 0.05) is 31.1 Å². The highest BCUT2D eigenvalue weighted by Gasteiger charge is 2.33. The number of guanidine groups is 1. The summed E-state index contributed by atoms with van der Waals surface area (Å²) in [5, 5.41) is 6.80. The largest absolute Gasteiger partial charge is 0.380 e. The Morgan fingerprint density at radius 1 is 1.32 bits per heavy atom. The van der Waals surface area contributed by atoms with Crippen molar-refractivity contribution < 1.29 is 4.74 Å². The van der Waals surface area contributed by atoms with E-state index in [1.165, 1.54) is 38.8 Å². The first kappa shape index (κ1) is 17.5. The van der Waals surface area contributed by atoms with Crippen LogP contribution in [0.2, 0.25) is 0 Å². The predicted octanol–water partition coefficient (Wildman–Crippen LogP) is 1.84. The highest BCUT2D eigenvalue weighted by molar-refractivity contribution is 5.79. The van der Waals surface area contributed by atoms with E-state index in [9.17, 15) is 0 Å². The molecule has 0 aliphatic carbocycles. The predicted molar refractivity (Wildman–Crippen MR) is 92.4 cm³/mol. The monoisotopic (exact) mass is 310 g/mol. The summed E-state index contributed by atoms with van der Waals surface area (Å²) >= 11 is 0. The molecule has 2 heterocycles. The zero-order valence-corrected chi connectivity index (χ0v) is 14.7. The van der Waals surface area contributed by atoms with Gasteiger partial charge in [-0.25, -0.2) is 0 Å². The van der Waals surface area contributed by atoms with Gasteiger partial charge in [-0.3, -0.25) is 4.99 Å². The second kappa shape index (κ2) is 8.73. The van der Waals surface area contributed by atoms with Crippen molar-refractivity contribution >= 4 is 5.96 Å². The molecule has 2 N–H and O–H groups in total. The Bertz CT molecular complexity index is 355. The lowest BCUT2D eigenvalue weighted by Gasteiger charge is -2.36. The fourth-order valence-corrected chi connectivity index (χ4v) is 3.13. The molecule has 2 aliphatic rings. The van der Waals surface area contributed by atoms with Crippen LogP contribution in [0.25, 0.3) is 0 Å². The molecule has 0 saturated carbocycles. The van der Waals surface area contributed by atoms with E-state index in [1.807, 2.05) is 0 Å². The van der Waals surface area contributed by atoms with E-state index in [0.29, 0.717) is 0 Å². The van der Waals surface area contributed by atoms with Gasteiger partial charge in [-0.2, -0.15) is 0 Å². The molecule has 128 valence electrons. The summed E-state index contributed by atoms with van der Waals surface area (Å²) in [6.45, 7) is 13.6. The molecular formula is C17H34N4O. The molecule has 0 aromatic heterocycles. The van der Waals surface area contributed by atoms with Crippen LogP contribution in [-0.2, 0) is 4.74 Å². The van der Waals surface area contributed by atoms with E-state index in [-0.39, 0.29) is 5.41 Å². The molecule has 2 fully saturated rings. The van der Waals surface area contributed by atoms with Gasteiger partial charge in [0.05, 0.1) is 19.8 Å². The minimum atomic E-state index is 0.242. The normalized spacial score (nSPS) is 25.6. The van der Waals surface area contributed by atoms with Crippen molar-refractivity contribution in [2.75, 3.05) is 45.9 Å². The summed E-state index contributed by atoms with van der Waals surface area (Å²) in [6.07, 6.45) is 5.30. The Labute approximate surface area is 135 Å². The van der Waals surface area contributed by atoms with Crippen molar-refractivity contribution in [3.63, 3.8) is 0 Å². The number of aliphatic imine (C=N–C) groups is 1. The Morgan fingerprint density at radius 2 is 2.14 bits per heavy atom. The summed E-state index contributed by atoms with van der Waals surface area (Å²) in [4.78, 5) is 7.33. The molecule has 5 heteroatoms. The molecule has 0 spiro atoms. The van der Waals surface area contributed by atoms with Crippen LogP contribution in [0.1, 0.15) is 46.5 Å². The summed E-state index contributed by atoms with van der Waals surface area (Å²) in [5.74, 6) is 0.947. The van der Waals surface area contributed by atoms with E-state index < -0.39 is 0 Å². The van der Waals surface area contributed by atoms with E-state index in [1.54, 1.807) is 0 Å². The number of hydrogen-bond donors (Lipinski definition) is 2. The molecule has 1 atom stereocenters. The van der Waals surface area contributed by atoms with Crippen molar-refractivity contribution in [2.45, 2.75) is 52.5 Å². The third kappa shape index (κ3) is 5.43. The van der Waals surface area contributed by atoms with Gasteiger partial charge >= 0.3 is 0 Å². The number of rotatable bonds is 7. The molecule has 2 saturated heterocycles. The van der Waals surface area contributed by atoms with Gasteiger partial charge in [0.2, 0.25) is 0 Å². The van der Waals surface area contributed by atoms with Crippen LogP contribution >= 0.6 is 0 Å². The molecule has 0 amide bonds. The first-order valence-corrected chi connectivity index (χ1v) is 8.97. The first-order chi connectivity index (χ1) is 10.6. The molecule has 2 rings (SSSR count). The molecule has 22 heavy (non-hydrogen) atoms. The van der Waals surface area contributed by atoms with Crippen molar-refractivity contribution in [2.24, 2.45) is 10.4 Å². The van der Waals surface area contributed by atoms with Crippen molar-refractivity contribution in [3.8, 4) is 0 Å². The summed E-state index contributed by atoms with van der Waals surface area (Å²) in [5.41, 5.74) is 0.242. The number of ether oxygens (including phenoxy) is 1. The van der Waals surface area contributed by atoms with Crippen molar-refractivity contribution in [3.05, 3.63) is 0 Å². The summed E-state index contributed by atoms with van der Waals surface area (Å²) < 4.78 is 5.29. The maximum absolute atomic E-state index is 5.29.